The summed E-state index contributed by atoms with van der Waals surface area (Å²) in [4.78, 5) is 26.6. The molecule has 0 spiro atoms. The monoisotopic (exact) mass is 1200 g/mol. The Morgan fingerprint density at radius 2 is 1.23 bits per heavy atom. The second-order valence-corrected chi connectivity index (χ2v) is 27.3. The average Bonchev–Trinajstić information content (AvgIpc) is 0.764. The van der Waals surface area contributed by atoms with E-state index in [2.05, 4.69) is 40.7 Å². The number of carbonyl (C=O) groups excluding carboxylic acids is 1. The number of carboxylic acids is 1. The van der Waals surface area contributed by atoms with E-state index in [1.54, 1.807) is 19.9 Å². The normalized spacial score (nSPS) is 52.2. The predicted octanol–water partition coefficient (Wildman–Crippen LogP) is -2.40. The van der Waals surface area contributed by atoms with Crippen molar-refractivity contribution in [2.24, 2.45) is 50.2 Å². The third-order valence-electron chi connectivity index (χ3n) is 22.3. The number of hydrogen-bond donors (Lipinski definition) is 15. The fraction of sp³-hybridized carbons (Fsp3) is 0.897. The van der Waals surface area contributed by atoms with Crippen LogP contribution in [0.1, 0.15) is 107 Å². The number of carbonyl (C=O) groups is 2. The summed E-state index contributed by atoms with van der Waals surface area (Å²) >= 11 is 0. The number of hydrogen-bond acceptors (Lipinski definition) is 25. The predicted molar refractivity (Wildman–Crippen MR) is 285 cm³/mol. The molecule has 0 aromatic heterocycles. The van der Waals surface area contributed by atoms with Gasteiger partial charge in [0.2, 0.25) is 0 Å². The first-order chi connectivity index (χ1) is 39.4. The smallest absolute Gasteiger partial charge is 0.335 e. The fourth-order valence-electron chi connectivity index (χ4n) is 17.1. The van der Waals surface area contributed by atoms with Gasteiger partial charge in [0.1, 0.15) is 91.6 Å². The minimum Gasteiger partial charge on any atom is -0.479 e. The second kappa shape index (κ2) is 24.4. The Bertz CT molecular complexity index is 2410. The van der Waals surface area contributed by atoms with E-state index in [1.165, 1.54) is 0 Å². The fourth-order valence-corrected chi connectivity index (χ4v) is 17.1. The van der Waals surface area contributed by atoms with Crippen LogP contribution in [0.15, 0.2) is 23.3 Å². The molecule has 0 radical (unpaired) electrons. The molecular weight excluding hydrogens is 1110 g/mol. The van der Waals surface area contributed by atoms with E-state index >= 15 is 0 Å². The highest BCUT2D eigenvalue weighted by atomic mass is 16.8. The lowest BCUT2D eigenvalue weighted by Crippen LogP contribution is -2.70. The van der Waals surface area contributed by atoms with Crippen molar-refractivity contribution in [3.05, 3.63) is 23.3 Å². The molecule has 26 heteroatoms. The summed E-state index contributed by atoms with van der Waals surface area (Å²) in [6.07, 6.45) is -32.0. The van der Waals surface area contributed by atoms with E-state index in [0.717, 1.165) is 5.57 Å². The molecule has 0 aromatic rings. The molecule has 8 fully saturated rings. The van der Waals surface area contributed by atoms with Gasteiger partial charge in [-0.1, -0.05) is 59.3 Å². The van der Waals surface area contributed by atoms with Crippen molar-refractivity contribution in [1.82, 2.24) is 0 Å². The Hall–Kier alpha value is -2.46. The largest absolute Gasteiger partial charge is 0.479 e. The number of esters is 1. The zero-order valence-corrected chi connectivity index (χ0v) is 49.0. The summed E-state index contributed by atoms with van der Waals surface area (Å²) in [6, 6.07) is 0. The maximum Gasteiger partial charge on any atom is 0.335 e. The molecule has 0 amide bonds. The van der Waals surface area contributed by atoms with Crippen molar-refractivity contribution < 1.29 is 129 Å². The number of rotatable bonds is 15. The molecule has 0 aromatic carbocycles. The standard InChI is InChI=1S/C58H92O26/c1-9-24(2)48(75)79-34-18-53(3,4)16-26-25-10-11-31-54(5)14-13-33(55(6,22-61)30(54)12-15-56(31,7)57(25,8)17-32(64)58(26,34)23-62)80-52-46(84-50-41(71)39(69)37(67)29(20-60)78-50)43(42(72)44(82-52)47(73)74)81-51-45(35(65)27(63)21-76-51)83-49-40(70)38(68)36(66)28(19-59)77-49/h9-10,26-46,49-52,59-72H,11-23H2,1-8H3,(H,73,74)/b24-9-/t26-,27-,28+,29+,30+,31+,32+,33-,34-,35-,36+,37-,38-,39-,40-,41+,42-,43-,44-,45+,46+,49?,50-,51-,52+,54-,55-,56+,57+,58-/m0/s1. The molecule has 1 unspecified atom stereocenters. The van der Waals surface area contributed by atoms with Crippen LogP contribution in [0.3, 0.4) is 0 Å². The quantitative estimate of drug-likeness (QED) is 0.0352. The van der Waals surface area contributed by atoms with E-state index in [1.807, 2.05) is 6.92 Å². The number of carboxylic acid groups (broad SMARTS) is 1. The van der Waals surface area contributed by atoms with E-state index in [-0.39, 0.29) is 36.0 Å². The molecule has 30 atom stereocenters. The van der Waals surface area contributed by atoms with Gasteiger partial charge < -0.3 is 119 Å². The van der Waals surface area contributed by atoms with Crippen LogP contribution in [0.25, 0.3) is 0 Å². The first kappa shape index (κ1) is 66.0. The van der Waals surface area contributed by atoms with Crippen LogP contribution in [0, 0.1) is 50.2 Å². The van der Waals surface area contributed by atoms with Gasteiger partial charge in [-0.15, -0.1) is 0 Å². The van der Waals surface area contributed by atoms with Crippen molar-refractivity contribution in [3.63, 3.8) is 0 Å². The number of ether oxygens (including phenoxy) is 9. The van der Waals surface area contributed by atoms with Crippen molar-refractivity contribution >= 4 is 11.9 Å². The lowest BCUT2D eigenvalue weighted by Gasteiger charge is -2.72. The van der Waals surface area contributed by atoms with E-state index in [4.69, 9.17) is 42.6 Å². The number of aliphatic hydroxyl groups is 14. The second-order valence-electron chi connectivity index (χ2n) is 27.3. The molecule has 84 heavy (non-hydrogen) atoms. The van der Waals surface area contributed by atoms with Gasteiger partial charge in [-0.25, -0.2) is 9.59 Å². The maximum absolute atomic E-state index is 13.4. The summed E-state index contributed by atoms with van der Waals surface area (Å²) in [5.41, 5.74) is -2.72. The molecule has 480 valence electrons. The summed E-state index contributed by atoms with van der Waals surface area (Å²) in [5.74, 6) is -2.94. The number of allylic oxidation sites excluding steroid dienone is 3. The summed E-state index contributed by atoms with van der Waals surface area (Å²) in [7, 11) is 0. The molecule has 26 nitrogen and oxygen atoms in total. The van der Waals surface area contributed by atoms with Crippen LogP contribution >= 0.6 is 0 Å². The van der Waals surface area contributed by atoms with Crippen LogP contribution in [-0.2, 0) is 52.2 Å². The molecule has 4 heterocycles. The molecule has 9 rings (SSSR count). The van der Waals surface area contributed by atoms with Crippen LogP contribution in [0.4, 0.5) is 0 Å². The number of aliphatic hydroxyl groups excluding tert-OH is 14. The van der Waals surface area contributed by atoms with Crippen molar-refractivity contribution in [3.8, 4) is 0 Å². The first-order valence-corrected chi connectivity index (χ1v) is 29.6. The minimum atomic E-state index is -2.28. The van der Waals surface area contributed by atoms with Gasteiger partial charge in [-0.05, 0) is 105 Å². The molecule has 5 aliphatic carbocycles. The molecule has 4 aliphatic heterocycles. The average molecular weight is 1210 g/mol. The van der Waals surface area contributed by atoms with Gasteiger partial charge in [0.25, 0.3) is 0 Å². The summed E-state index contributed by atoms with van der Waals surface area (Å²) < 4.78 is 54.8. The zero-order valence-electron chi connectivity index (χ0n) is 49.0. The molecule has 0 bridgehead atoms. The van der Waals surface area contributed by atoms with E-state index in [9.17, 15) is 86.2 Å². The van der Waals surface area contributed by atoms with E-state index < -0.39 is 207 Å². The third-order valence-corrected chi connectivity index (χ3v) is 22.3. The van der Waals surface area contributed by atoms with Crippen molar-refractivity contribution in [1.29, 1.82) is 0 Å². The van der Waals surface area contributed by atoms with Gasteiger partial charge in [0.05, 0.1) is 50.7 Å². The van der Waals surface area contributed by atoms with E-state index in [0.29, 0.717) is 44.1 Å². The van der Waals surface area contributed by atoms with Gasteiger partial charge in [-0.3, -0.25) is 0 Å². The topological polar surface area (TPSA) is 421 Å². The van der Waals surface area contributed by atoms with Gasteiger partial charge in [-0.2, -0.15) is 0 Å². The van der Waals surface area contributed by atoms with Crippen molar-refractivity contribution in [2.45, 2.75) is 242 Å². The Morgan fingerprint density at radius 1 is 0.631 bits per heavy atom. The van der Waals surface area contributed by atoms with Crippen molar-refractivity contribution in [2.75, 3.05) is 33.0 Å². The molecular formula is C58H92O26. The highest BCUT2D eigenvalue weighted by molar-refractivity contribution is 5.87. The first-order valence-electron chi connectivity index (χ1n) is 29.6. The Morgan fingerprint density at radius 3 is 1.79 bits per heavy atom. The molecule has 15 N–H and O–H groups in total. The summed E-state index contributed by atoms with van der Waals surface area (Å²) in [5, 5.41) is 166. The lowest BCUT2D eigenvalue weighted by atomic mass is 9.33. The Balaban J connectivity index is 1.05. The maximum atomic E-state index is 13.4. The van der Waals surface area contributed by atoms with Crippen LogP contribution in [0.5, 0.6) is 0 Å². The lowest BCUT2D eigenvalue weighted by molar-refractivity contribution is -0.401. The Kier molecular flexibility index (Phi) is 19.2. The van der Waals surface area contributed by atoms with Crippen LogP contribution in [0.2, 0.25) is 0 Å². The highest BCUT2D eigenvalue weighted by Crippen LogP contribution is 2.76. The number of fused-ring (bicyclic) bond motifs is 7. The molecule has 4 saturated heterocycles. The van der Waals surface area contributed by atoms with Crippen LogP contribution < -0.4 is 0 Å². The zero-order chi connectivity index (χ0) is 61.7. The Labute approximate surface area is 487 Å². The van der Waals surface area contributed by atoms with Gasteiger partial charge >= 0.3 is 11.9 Å². The SMILES string of the molecule is C/C=C(/C)C(=O)O[C@H]1CC(C)(C)C[C@H]2C3=CC[C@@H]4[C@@]5(C)CC[C@H](O[C@@H]6O[C@H](C(=O)O)[C@@H](O)[C@H](O[C@@H]7OC[C@H](O)[C@H](O)[C@H]7OC7O[C@H](CO)[C@@H](O)[C@H](O)[C@@H]7O)[C@H]6O[C@@H]6O[C@H](CO)[C@H](O)[C@H](O)[C@H]6O)[C@@](C)(CO)[C@@H]5CC[C@@]4(C)[C@]3(C)C[C@@H](O)[C@@]12CO. The van der Waals surface area contributed by atoms with Gasteiger partial charge in [0, 0.05) is 11.0 Å². The van der Waals surface area contributed by atoms with Gasteiger partial charge in [0.15, 0.2) is 31.3 Å². The highest BCUT2D eigenvalue weighted by Gasteiger charge is 2.73. The molecule has 9 aliphatic rings. The third kappa shape index (κ3) is 10.8. The molecule has 4 saturated carbocycles. The number of aliphatic carboxylic acids is 1. The summed E-state index contributed by atoms with van der Waals surface area (Å²) in [6.45, 7) is 12.9. The van der Waals surface area contributed by atoms with Crippen LogP contribution in [-0.4, -0.2) is 257 Å². The minimum absolute atomic E-state index is 0.0549.